The Bertz CT molecular complexity index is 782. The monoisotopic (exact) mass is 401 g/mol. The van der Waals surface area contributed by atoms with Crippen LogP contribution in [0.15, 0.2) is 24.4 Å². The van der Waals surface area contributed by atoms with Crippen molar-refractivity contribution in [1.29, 1.82) is 0 Å². The zero-order valence-electron chi connectivity index (χ0n) is 13.8. The van der Waals surface area contributed by atoms with Gasteiger partial charge in [0.25, 0.3) is 5.91 Å². The minimum absolute atomic E-state index is 0.317. The lowest BCUT2D eigenvalue weighted by Gasteiger charge is -2.19. The van der Waals surface area contributed by atoms with Crippen molar-refractivity contribution >= 4 is 51.5 Å². The molecule has 2 aromatic rings. The molecule has 0 unspecified atom stereocenters. The third-order valence-corrected chi connectivity index (χ3v) is 4.92. The fraction of sp³-hybridized carbons (Fsp3) is 0.312. The molecule has 0 aliphatic carbocycles. The van der Waals surface area contributed by atoms with Crippen LogP contribution in [0.4, 0.5) is 5.13 Å². The number of hydrogen-bond acceptors (Lipinski definition) is 6. The predicted molar refractivity (Wildman–Crippen MR) is 99.6 cm³/mol. The molecule has 0 radical (unpaired) electrons. The molecule has 6 nitrogen and oxygen atoms in total. The van der Waals surface area contributed by atoms with Gasteiger partial charge in [-0.1, -0.05) is 40.6 Å². The molecule has 134 valence electrons. The van der Waals surface area contributed by atoms with Gasteiger partial charge < -0.3 is 15.4 Å². The Kier molecular flexibility index (Phi) is 6.64. The number of carbonyl (C=O) groups is 2. The summed E-state index contributed by atoms with van der Waals surface area (Å²) >= 11 is 13.2. The van der Waals surface area contributed by atoms with Gasteiger partial charge in [-0.2, -0.15) is 0 Å². The minimum atomic E-state index is -0.957. The molecule has 1 amide bonds. The highest BCUT2D eigenvalue weighted by Crippen LogP contribution is 2.26. The zero-order chi connectivity index (χ0) is 18.6. The van der Waals surface area contributed by atoms with Gasteiger partial charge >= 0.3 is 5.97 Å². The average Bonchev–Trinajstić information content (AvgIpc) is 3.03. The van der Waals surface area contributed by atoms with Gasteiger partial charge in [0, 0.05) is 17.1 Å². The second-order valence-electron chi connectivity index (χ2n) is 5.22. The molecule has 1 aromatic heterocycles. The molecule has 0 saturated heterocycles. The summed E-state index contributed by atoms with van der Waals surface area (Å²) in [5, 5.41) is 7.15. The van der Waals surface area contributed by atoms with Crippen molar-refractivity contribution in [3.63, 3.8) is 0 Å². The maximum absolute atomic E-state index is 12.3. The molecule has 0 saturated carbocycles. The molecule has 1 aromatic carbocycles. The van der Waals surface area contributed by atoms with Gasteiger partial charge in [0.2, 0.25) is 0 Å². The molecular formula is C16H17Cl2N3O3S. The number of nitrogens with zero attached hydrogens (tertiary/aromatic N) is 1. The summed E-state index contributed by atoms with van der Waals surface area (Å²) in [5.41, 5.74) is 0.721. The van der Waals surface area contributed by atoms with Crippen molar-refractivity contribution in [2.75, 3.05) is 12.4 Å². The standard InChI is InChI=1S/C16H17Cl2N3O3S/c1-8(11-5-4-10(17)6-12(11)18)21-14(22)9(2)24-15(23)13-7-20-16(19-3)25-13/h4-9H,1-3H3,(H,19,20)(H,21,22)/t8-,9-/m1/s1. The van der Waals surface area contributed by atoms with Crippen LogP contribution in [0.2, 0.25) is 10.0 Å². The van der Waals surface area contributed by atoms with E-state index in [0.29, 0.717) is 20.1 Å². The van der Waals surface area contributed by atoms with Crippen LogP contribution in [0.25, 0.3) is 0 Å². The Morgan fingerprint density at radius 2 is 2.00 bits per heavy atom. The SMILES string of the molecule is CNc1ncc(C(=O)O[C@H](C)C(=O)N[C@H](C)c2ccc(Cl)cc2Cl)s1. The molecule has 9 heteroatoms. The molecule has 25 heavy (non-hydrogen) atoms. The minimum Gasteiger partial charge on any atom is -0.448 e. The number of benzene rings is 1. The van der Waals surface area contributed by atoms with Crippen LogP contribution >= 0.6 is 34.5 Å². The number of amides is 1. The second kappa shape index (κ2) is 8.51. The van der Waals surface area contributed by atoms with Crippen LogP contribution in [-0.4, -0.2) is 30.0 Å². The number of aromatic nitrogens is 1. The van der Waals surface area contributed by atoms with E-state index in [0.717, 1.165) is 16.9 Å². The first-order valence-corrected chi connectivity index (χ1v) is 8.99. The Morgan fingerprint density at radius 3 is 2.60 bits per heavy atom. The van der Waals surface area contributed by atoms with Gasteiger partial charge in [-0.3, -0.25) is 4.79 Å². The smallest absolute Gasteiger partial charge is 0.350 e. The number of esters is 1. The summed E-state index contributed by atoms with van der Waals surface area (Å²) in [6.45, 7) is 3.29. The number of ether oxygens (including phenoxy) is 1. The number of rotatable bonds is 6. The molecule has 0 spiro atoms. The van der Waals surface area contributed by atoms with Gasteiger partial charge in [0.05, 0.1) is 12.2 Å². The largest absolute Gasteiger partial charge is 0.448 e. The number of nitrogens with one attached hydrogen (secondary N) is 2. The maximum Gasteiger partial charge on any atom is 0.350 e. The van der Waals surface area contributed by atoms with Crippen LogP contribution < -0.4 is 10.6 Å². The summed E-state index contributed by atoms with van der Waals surface area (Å²) in [6, 6.07) is 4.67. The third-order valence-electron chi connectivity index (χ3n) is 3.36. The van der Waals surface area contributed by atoms with E-state index in [-0.39, 0.29) is 6.04 Å². The van der Waals surface area contributed by atoms with Crippen LogP contribution in [0, 0.1) is 0 Å². The van der Waals surface area contributed by atoms with Gasteiger partial charge in [0.15, 0.2) is 11.2 Å². The Labute approximate surface area is 159 Å². The van der Waals surface area contributed by atoms with E-state index < -0.39 is 18.0 Å². The number of carbonyl (C=O) groups excluding carboxylic acids is 2. The van der Waals surface area contributed by atoms with Crippen molar-refractivity contribution in [3.8, 4) is 0 Å². The summed E-state index contributed by atoms with van der Waals surface area (Å²) in [5.74, 6) is -1.02. The predicted octanol–water partition coefficient (Wildman–Crippen LogP) is 3.91. The lowest BCUT2D eigenvalue weighted by atomic mass is 10.1. The van der Waals surface area contributed by atoms with Crippen molar-refractivity contribution in [1.82, 2.24) is 10.3 Å². The van der Waals surface area contributed by atoms with Gasteiger partial charge in [0.1, 0.15) is 4.88 Å². The Morgan fingerprint density at radius 1 is 1.28 bits per heavy atom. The zero-order valence-corrected chi connectivity index (χ0v) is 16.1. The highest BCUT2D eigenvalue weighted by atomic mass is 35.5. The third kappa shape index (κ3) is 5.07. The molecular weight excluding hydrogens is 385 g/mol. The Balaban J connectivity index is 1.96. The molecule has 0 bridgehead atoms. The van der Waals surface area contributed by atoms with Crippen molar-refractivity contribution < 1.29 is 14.3 Å². The van der Waals surface area contributed by atoms with E-state index in [1.807, 2.05) is 0 Å². The number of thiazole rings is 1. The molecule has 0 fully saturated rings. The summed E-state index contributed by atoms with van der Waals surface area (Å²) in [4.78, 5) is 28.6. The highest BCUT2D eigenvalue weighted by Gasteiger charge is 2.22. The normalized spacial score (nSPS) is 13.0. The van der Waals surface area contributed by atoms with E-state index in [2.05, 4.69) is 15.6 Å². The topological polar surface area (TPSA) is 80.3 Å². The number of halogens is 2. The summed E-state index contributed by atoms with van der Waals surface area (Å²) in [6.07, 6.45) is 0.445. The molecule has 2 N–H and O–H groups in total. The van der Waals surface area contributed by atoms with Crippen molar-refractivity contribution in [2.24, 2.45) is 0 Å². The van der Waals surface area contributed by atoms with Crippen molar-refractivity contribution in [3.05, 3.63) is 44.9 Å². The van der Waals surface area contributed by atoms with Crippen LogP contribution in [-0.2, 0) is 9.53 Å². The molecule has 1 heterocycles. The molecule has 0 aliphatic heterocycles. The van der Waals surface area contributed by atoms with Gasteiger partial charge in [-0.05, 0) is 31.5 Å². The second-order valence-corrected chi connectivity index (χ2v) is 7.10. The number of hydrogen-bond donors (Lipinski definition) is 2. The molecule has 2 rings (SSSR count). The van der Waals surface area contributed by atoms with E-state index >= 15 is 0 Å². The Hall–Kier alpha value is -1.83. The van der Waals surface area contributed by atoms with Crippen LogP contribution in [0.1, 0.15) is 35.1 Å². The fourth-order valence-electron chi connectivity index (χ4n) is 2.02. The van der Waals surface area contributed by atoms with Crippen LogP contribution in [0.5, 0.6) is 0 Å². The molecule has 2 atom stereocenters. The van der Waals surface area contributed by atoms with Crippen molar-refractivity contribution in [2.45, 2.75) is 26.0 Å². The molecule has 0 aliphatic rings. The summed E-state index contributed by atoms with van der Waals surface area (Å²) < 4.78 is 5.18. The first-order valence-electron chi connectivity index (χ1n) is 7.41. The number of anilines is 1. The quantitative estimate of drug-likeness (QED) is 0.716. The van der Waals surface area contributed by atoms with Gasteiger partial charge in [-0.25, -0.2) is 9.78 Å². The maximum atomic E-state index is 12.3. The highest BCUT2D eigenvalue weighted by molar-refractivity contribution is 7.17. The van der Waals surface area contributed by atoms with E-state index in [1.54, 1.807) is 32.2 Å². The van der Waals surface area contributed by atoms with E-state index in [4.69, 9.17) is 27.9 Å². The first-order chi connectivity index (χ1) is 11.8. The lowest BCUT2D eigenvalue weighted by Crippen LogP contribution is -2.37. The van der Waals surface area contributed by atoms with E-state index in [9.17, 15) is 9.59 Å². The van der Waals surface area contributed by atoms with Crippen LogP contribution in [0.3, 0.4) is 0 Å². The first kappa shape index (κ1) is 19.5. The average molecular weight is 402 g/mol. The van der Waals surface area contributed by atoms with E-state index in [1.165, 1.54) is 13.1 Å². The fourth-order valence-corrected chi connectivity index (χ4v) is 3.24. The van der Waals surface area contributed by atoms with Gasteiger partial charge in [-0.15, -0.1) is 0 Å². The lowest BCUT2D eigenvalue weighted by molar-refractivity contribution is -0.129. The summed E-state index contributed by atoms with van der Waals surface area (Å²) in [7, 11) is 1.70.